The number of benzene rings is 1. The highest BCUT2D eigenvalue weighted by Gasteiger charge is 2.30. The molecule has 3 rings (SSSR count). The molecular formula is C14H15ClN2S. The van der Waals surface area contributed by atoms with E-state index in [0.29, 0.717) is 12.0 Å². The summed E-state index contributed by atoms with van der Waals surface area (Å²) in [7, 11) is 0. The molecule has 1 aliphatic rings. The fraction of sp³-hybridized carbons (Fsp3) is 0.357. The highest BCUT2D eigenvalue weighted by Crippen LogP contribution is 2.39. The Balaban J connectivity index is 1.50. The fourth-order valence-corrected chi connectivity index (χ4v) is 3.27. The lowest BCUT2D eigenvalue weighted by Crippen LogP contribution is -2.39. The monoisotopic (exact) mass is 278 g/mol. The van der Waals surface area contributed by atoms with E-state index in [9.17, 15) is 0 Å². The quantitative estimate of drug-likeness (QED) is 0.919. The smallest absolute Gasteiger partial charge is 0.106 e. The number of halogens is 1. The zero-order valence-corrected chi connectivity index (χ0v) is 11.5. The SMILES string of the molecule is Clc1ccccc1C1CC(NCc2nccs2)C1. The molecule has 1 heterocycles. The van der Waals surface area contributed by atoms with Crippen LogP contribution in [-0.2, 0) is 6.54 Å². The molecule has 0 atom stereocenters. The van der Waals surface area contributed by atoms with E-state index >= 15 is 0 Å². The molecule has 1 aromatic heterocycles. The van der Waals surface area contributed by atoms with Crippen molar-refractivity contribution in [3.05, 3.63) is 51.4 Å². The summed E-state index contributed by atoms with van der Waals surface area (Å²) < 4.78 is 0. The largest absolute Gasteiger partial charge is 0.308 e. The zero-order chi connectivity index (χ0) is 12.4. The second kappa shape index (κ2) is 5.39. The van der Waals surface area contributed by atoms with Crippen molar-refractivity contribution >= 4 is 22.9 Å². The summed E-state index contributed by atoms with van der Waals surface area (Å²) in [6.45, 7) is 0.886. The van der Waals surface area contributed by atoms with Gasteiger partial charge in [0.2, 0.25) is 0 Å². The minimum Gasteiger partial charge on any atom is -0.308 e. The summed E-state index contributed by atoms with van der Waals surface area (Å²) in [6, 6.07) is 8.78. The Hall–Kier alpha value is -0.900. The maximum Gasteiger partial charge on any atom is 0.106 e. The minimum absolute atomic E-state index is 0.607. The lowest BCUT2D eigenvalue weighted by molar-refractivity contribution is 0.289. The van der Waals surface area contributed by atoms with Crippen molar-refractivity contribution in [3.8, 4) is 0 Å². The van der Waals surface area contributed by atoms with Crippen LogP contribution >= 0.6 is 22.9 Å². The van der Waals surface area contributed by atoms with E-state index in [2.05, 4.69) is 22.4 Å². The lowest BCUT2D eigenvalue weighted by Gasteiger charge is -2.36. The molecule has 1 fully saturated rings. The fourth-order valence-electron chi connectivity index (χ4n) is 2.42. The van der Waals surface area contributed by atoms with E-state index in [4.69, 9.17) is 11.6 Å². The molecule has 0 amide bonds. The second-order valence-electron chi connectivity index (χ2n) is 4.69. The third kappa shape index (κ3) is 2.58. The molecule has 0 bridgehead atoms. The van der Waals surface area contributed by atoms with Gasteiger partial charge < -0.3 is 5.32 Å². The number of thiazole rings is 1. The molecule has 0 saturated heterocycles. The van der Waals surface area contributed by atoms with E-state index in [1.807, 2.05) is 23.7 Å². The van der Waals surface area contributed by atoms with Crippen LogP contribution in [0.1, 0.15) is 29.3 Å². The van der Waals surface area contributed by atoms with Gasteiger partial charge in [0.05, 0.1) is 0 Å². The highest BCUT2D eigenvalue weighted by molar-refractivity contribution is 7.09. The predicted molar refractivity (Wildman–Crippen MR) is 76.2 cm³/mol. The molecule has 0 spiro atoms. The normalized spacial score (nSPS) is 22.7. The number of nitrogens with one attached hydrogen (secondary N) is 1. The van der Waals surface area contributed by atoms with Crippen LogP contribution in [0.15, 0.2) is 35.8 Å². The third-order valence-corrected chi connectivity index (χ3v) is 4.63. The first-order chi connectivity index (χ1) is 8.83. The van der Waals surface area contributed by atoms with Gasteiger partial charge in [0.15, 0.2) is 0 Å². The summed E-state index contributed by atoms with van der Waals surface area (Å²) in [5.74, 6) is 0.618. The Morgan fingerprint density at radius 3 is 2.89 bits per heavy atom. The van der Waals surface area contributed by atoms with Crippen molar-refractivity contribution in [1.82, 2.24) is 10.3 Å². The topological polar surface area (TPSA) is 24.9 Å². The van der Waals surface area contributed by atoms with E-state index in [1.54, 1.807) is 11.3 Å². The minimum atomic E-state index is 0.607. The average Bonchev–Trinajstić information content (AvgIpc) is 2.82. The molecule has 1 aliphatic carbocycles. The molecule has 94 valence electrons. The van der Waals surface area contributed by atoms with Crippen molar-refractivity contribution in [1.29, 1.82) is 0 Å². The van der Waals surface area contributed by atoms with E-state index in [0.717, 1.165) is 16.6 Å². The Labute approximate surface area is 116 Å². The number of nitrogens with zero attached hydrogens (tertiary/aromatic N) is 1. The summed E-state index contributed by atoms with van der Waals surface area (Å²) in [6.07, 6.45) is 4.21. The van der Waals surface area contributed by atoms with Gasteiger partial charge in [0.1, 0.15) is 5.01 Å². The van der Waals surface area contributed by atoms with Crippen LogP contribution in [0.25, 0.3) is 0 Å². The van der Waals surface area contributed by atoms with Crippen LogP contribution in [0.2, 0.25) is 5.02 Å². The lowest BCUT2D eigenvalue weighted by atomic mass is 9.76. The van der Waals surface area contributed by atoms with Crippen molar-refractivity contribution in [2.75, 3.05) is 0 Å². The van der Waals surface area contributed by atoms with Gasteiger partial charge in [-0.05, 0) is 30.4 Å². The van der Waals surface area contributed by atoms with Gasteiger partial charge in [0, 0.05) is 29.2 Å². The molecular weight excluding hydrogens is 264 g/mol. The van der Waals surface area contributed by atoms with Gasteiger partial charge in [0.25, 0.3) is 0 Å². The molecule has 4 heteroatoms. The number of rotatable bonds is 4. The first kappa shape index (κ1) is 12.2. The van der Waals surface area contributed by atoms with Gasteiger partial charge in [-0.2, -0.15) is 0 Å². The Bertz CT molecular complexity index is 506. The Morgan fingerprint density at radius 1 is 1.33 bits per heavy atom. The van der Waals surface area contributed by atoms with Crippen LogP contribution in [0.4, 0.5) is 0 Å². The number of aromatic nitrogens is 1. The highest BCUT2D eigenvalue weighted by atomic mass is 35.5. The van der Waals surface area contributed by atoms with Crippen molar-refractivity contribution < 1.29 is 0 Å². The van der Waals surface area contributed by atoms with Gasteiger partial charge in [-0.1, -0.05) is 29.8 Å². The third-order valence-electron chi connectivity index (χ3n) is 3.51. The zero-order valence-electron chi connectivity index (χ0n) is 9.97. The van der Waals surface area contributed by atoms with Crippen LogP contribution in [0.5, 0.6) is 0 Å². The molecule has 0 aliphatic heterocycles. The van der Waals surface area contributed by atoms with Gasteiger partial charge in [-0.15, -0.1) is 11.3 Å². The van der Waals surface area contributed by atoms with Crippen molar-refractivity contribution in [2.45, 2.75) is 31.3 Å². The van der Waals surface area contributed by atoms with Crippen molar-refractivity contribution in [2.24, 2.45) is 0 Å². The van der Waals surface area contributed by atoms with E-state index in [1.165, 1.54) is 18.4 Å². The maximum atomic E-state index is 6.21. The van der Waals surface area contributed by atoms with E-state index in [-0.39, 0.29) is 0 Å². The molecule has 18 heavy (non-hydrogen) atoms. The predicted octanol–water partition coefficient (Wildman–Crippen LogP) is 3.83. The first-order valence-corrected chi connectivity index (χ1v) is 7.45. The number of hydrogen-bond acceptors (Lipinski definition) is 3. The molecule has 2 aromatic rings. The van der Waals surface area contributed by atoms with Gasteiger partial charge in [-0.25, -0.2) is 4.98 Å². The maximum absolute atomic E-state index is 6.21. The van der Waals surface area contributed by atoms with Crippen LogP contribution in [0.3, 0.4) is 0 Å². The van der Waals surface area contributed by atoms with E-state index < -0.39 is 0 Å². The Kier molecular flexibility index (Phi) is 3.64. The first-order valence-electron chi connectivity index (χ1n) is 6.19. The molecule has 1 saturated carbocycles. The average molecular weight is 279 g/mol. The summed E-state index contributed by atoms with van der Waals surface area (Å²) in [5, 5.41) is 7.63. The standard InChI is InChI=1S/C14H15ClN2S/c15-13-4-2-1-3-12(13)10-7-11(8-10)17-9-14-16-5-6-18-14/h1-6,10-11,17H,7-9H2. The van der Waals surface area contributed by atoms with Crippen LogP contribution in [0, 0.1) is 0 Å². The van der Waals surface area contributed by atoms with Crippen molar-refractivity contribution in [3.63, 3.8) is 0 Å². The van der Waals surface area contributed by atoms with Gasteiger partial charge in [-0.3, -0.25) is 0 Å². The number of hydrogen-bond donors (Lipinski definition) is 1. The molecule has 0 unspecified atom stereocenters. The molecule has 2 nitrogen and oxygen atoms in total. The summed E-state index contributed by atoms with van der Waals surface area (Å²) in [5.41, 5.74) is 1.30. The summed E-state index contributed by atoms with van der Waals surface area (Å²) >= 11 is 7.91. The summed E-state index contributed by atoms with van der Waals surface area (Å²) in [4.78, 5) is 4.27. The second-order valence-corrected chi connectivity index (χ2v) is 6.08. The van der Waals surface area contributed by atoms with Crippen LogP contribution in [-0.4, -0.2) is 11.0 Å². The molecule has 0 radical (unpaired) electrons. The Morgan fingerprint density at radius 2 is 2.17 bits per heavy atom. The molecule has 1 N–H and O–H groups in total. The molecule has 1 aromatic carbocycles. The van der Waals surface area contributed by atoms with Crippen LogP contribution < -0.4 is 5.32 Å². The van der Waals surface area contributed by atoms with Gasteiger partial charge >= 0.3 is 0 Å².